The Morgan fingerprint density at radius 1 is 1.19 bits per heavy atom. The third kappa shape index (κ3) is 1.70. The summed E-state index contributed by atoms with van der Waals surface area (Å²) in [7, 11) is 0. The molecule has 2 nitrogen and oxygen atoms in total. The monoisotopic (exact) mass is 216 g/mol. The lowest BCUT2D eigenvalue weighted by Gasteiger charge is -2.32. The average Bonchev–Trinajstić information content (AvgIpc) is 2.72. The van der Waals surface area contributed by atoms with Crippen LogP contribution in [0.5, 0.6) is 0 Å². The van der Waals surface area contributed by atoms with Gasteiger partial charge in [-0.05, 0) is 44.2 Å². The molecule has 0 bridgehead atoms. The van der Waals surface area contributed by atoms with E-state index < -0.39 is 0 Å². The number of nitrogens with zero attached hydrogens (tertiary/aromatic N) is 2. The molecule has 0 amide bonds. The molecule has 1 aromatic rings. The highest BCUT2D eigenvalue weighted by molar-refractivity contribution is 5.42. The van der Waals surface area contributed by atoms with Crippen LogP contribution in [0.4, 0.5) is 5.82 Å². The number of hydrogen-bond donors (Lipinski definition) is 0. The largest absolute Gasteiger partial charge is 0.353 e. The number of pyridine rings is 1. The molecule has 16 heavy (non-hydrogen) atoms. The van der Waals surface area contributed by atoms with Crippen LogP contribution in [0.1, 0.15) is 37.8 Å². The number of hydrogen-bond acceptors (Lipinski definition) is 2. The summed E-state index contributed by atoms with van der Waals surface area (Å²) in [5.41, 5.74) is 1.14. The second-order valence-corrected chi connectivity index (χ2v) is 5.23. The Labute approximate surface area is 97.7 Å². The lowest BCUT2D eigenvalue weighted by molar-refractivity contribution is 0.341. The first-order valence-electron chi connectivity index (χ1n) is 6.55. The lowest BCUT2D eigenvalue weighted by atomic mass is 9.85. The van der Waals surface area contributed by atoms with Gasteiger partial charge in [-0.25, -0.2) is 4.98 Å². The van der Waals surface area contributed by atoms with Crippen LogP contribution in [-0.4, -0.2) is 17.6 Å². The average molecular weight is 216 g/mol. The van der Waals surface area contributed by atoms with Crippen molar-refractivity contribution in [3.63, 3.8) is 0 Å². The lowest BCUT2D eigenvalue weighted by Crippen LogP contribution is -2.35. The number of fused-ring (bicyclic) bond motifs is 1. The van der Waals surface area contributed by atoms with Crippen molar-refractivity contribution in [1.82, 2.24) is 4.98 Å². The molecule has 1 aliphatic heterocycles. The number of aromatic nitrogens is 1. The SMILES string of the molecule is Cc1cccc(N2CCC3CCCCC32)n1. The van der Waals surface area contributed by atoms with Gasteiger partial charge in [-0.2, -0.15) is 0 Å². The van der Waals surface area contributed by atoms with E-state index in [1.165, 1.54) is 44.5 Å². The van der Waals surface area contributed by atoms with Gasteiger partial charge < -0.3 is 4.90 Å². The van der Waals surface area contributed by atoms with Gasteiger partial charge in [0.25, 0.3) is 0 Å². The molecular formula is C14H20N2. The van der Waals surface area contributed by atoms with Crippen molar-refractivity contribution in [3.8, 4) is 0 Å². The van der Waals surface area contributed by atoms with Gasteiger partial charge >= 0.3 is 0 Å². The van der Waals surface area contributed by atoms with Crippen molar-refractivity contribution in [2.24, 2.45) is 5.92 Å². The van der Waals surface area contributed by atoms with Crippen LogP contribution in [0, 0.1) is 12.8 Å². The first-order chi connectivity index (χ1) is 7.84. The Bertz CT molecular complexity index is 375. The van der Waals surface area contributed by atoms with Gasteiger partial charge in [-0.1, -0.05) is 18.9 Å². The van der Waals surface area contributed by atoms with E-state index >= 15 is 0 Å². The molecule has 2 heterocycles. The van der Waals surface area contributed by atoms with E-state index in [0.717, 1.165) is 17.7 Å². The Morgan fingerprint density at radius 2 is 2.06 bits per heavy atom. The van der Waals surface area contributed by atoms with Gasteiger partial charge in [0.05, 0.1) is 0 Å². The predicted octanol–water partition coefficient (Wildman–Crippen LogP) is 3.16. The van der Waals surface area contributed by atoms with Crippen LogP contribution >= 0.6 is 0 Å². The van der Waals surface area contributed by atoms with Crippen LogP contribution in [0.2, 0.25) is 0 Å². The fourth-order valence-electron chi connectivity index (χ4n) is 3.38. The molecule has 86 valence electrons. The minimum absolute atomic E-state index is 0.781. The molecule has 2 fully saturated rings. The molecule has 1 saturated heterocycles. The molecule has 2 unspecified atom stereocenters. The highest BCUT2D eigenvalue weighted by atomic mass is 15.2. The van der Waals surface area contributed by atoms with Crippen molar-refractivity contribution < 1.29 is 0 Å². The third-order valence-electron chi connectivity index (χ3n) is 4.18. The van der Waals surface area contributed by atoms with Crippen LogP contribution in [0.3, 0.4) is 0 Å². The van der Waals surface area contributed by atoms with Gasteiger partial charge in [0, 0.05) is 18.3 Å². The zero-order valence-corrected chi connectivity index (χ0v) is 10.0. The highest BCUT2D eigenvalue weighted by Crippen LogP contribution is 2.38. The molecule has 0 aromatic carbocycles. The topological polar surface area (TPSA) is 16.1 Å². The minimum atomic E-state index is 0.781. The first kappa shape index (κ1) is 10.1. The summed E-state index contributed by atoms with van der Waals surface area (Å²) in [4.78, 5) is 7.22. The second kappa shape index (κ2) is 4.08. The molecule has 1 aromatic heterocycles. The molecule has 0 N–H and O–H groups in total. The van der Waals surface area contributed by atoms with Gasteiger partial charge in [-0.15, -0.1) is 0 Å². The van der Waals surface area contributed by atoms with Crippen LogP contribution in [0.25, 0.3) is 0 Å². The van der Waals surface area contributed by atoms with Crippen molar-refractivity contribution in [1.29, 1.82) is 0 Å². The number of aryl methyl sites for hydroxylation is 1. The van der Waals surface area contributed by atoms with E-state index in [2.05, 4.69) is 35.0 Å². The predicted molar refractivity (Wildman–Crippen MR) is 66.7 cm³/mol. The van der Waals surface area contributed by atoms with E-state index in [1.807, 2.05) is 0 Å². The van der Waals surface area contributed by atoms with Gasteiger partial charge in [0.15, 0.2) is 0 Å². The Balaban J connectivity index is 1.85. The fraction of sp³-hybridized carbons (Fsp3) is 0.643. The molecule has 3 rings (SSSR count). The summed E-state index contributed by atoms with van der Waals surface area (Å²) in [6.07, 6.45) is 7.04. The van der Waals surface area contributed by atoms with E-state index in [1.54, 1.807) is 0 Å². The normalized spacial score (nSPS) is 29.2. The smallest absolute Gasteiger partial charge is 0.129 e. The highest BCUT2D eigenvalue weighted by Gasteiger charge is 2.36. The summed E-state index contributed by atoms with van der Waals surface area (Å²) in [6, 6.07) is 7.17. The third-order valence-corrected chi connectivity index (χ3v) is 4.18. The summed E-state index contributed by atoms with van der Waals surface area (Å²) >= 11 is 0. The summed E-state index contributed by atoms with van der Waals surface area (Å²) in [5, 5.41) is 0. The first-order valence-corrected chi connectivity index (χ1v) is 6.55. The fourth-order valence-corrected chi connectivity index (χ4v) is 3.38. The number of anilines is 1. The van der Waals surface area contributed by atoms with Crippen molar-refractivity contribution in [2.45, 2.75) is 45.1 Å². The van der Waals surface area contributed by atoms with Crippen molar-refractivity contribution >= 4 is 5.82 Å². The summed E-state index contributed by atoms with van der Waals surface area (Å²) in [6.45, 7) is 3.30. The molecule has 1 aliphatic carbocycles. The second-order valence-electron chi connectivity index (χ2n) is 5.23. The maximum Gasteiger partial charge on any atom is 0.129 e. The summed E-state index contributed by atoms with van der Waals surface area (Å²) in [5.74, 6) is 2.14. The maximum absolute atomic E-state index is 4.67. The zero-order valence-electron chi connectivity index (χ0n) is 10.0. The molecule has 2 atom stereocenters. The van der Waals surface area contributed by atoms with Crippen molar-refractivity contribution in [3.05, 3.63) is 23.9 Å². The Hall–Kier alpha value is -1.05. The van der Waals surface area contributed by atoms with E-state index in [0.29, 0.717) is 0 Å². The Morgan fingerprint density at radius 3 is 2.94 bits per heavy atom. The maximum atomic E-state index is 4.67. The van der Waals surface area contributed by atoms with E-state index in [-0.39, 0.29) is 0 Å². The molecule has 0 spiro atoms. The molecule has 2 heteroatoms. The molecular weight excluding hydrogens is 196 g/mol. The van der Waals surface area contributed by atoms with Crippen LogP contribution in [-0.2, 0) is 0 Å². The molecule has 1 saturated carbocycles. The molecule has 0 radical (unpaired) electrons. The number of rotatable bonds is 1. The van der Waals surface area contributed by atoms with Gasteiger partial charge in [-0.3, -0.25) is 0 Å². The molecule has 2 aliphatic rings. The van der Waals surface area contributed by atoms with Gasteiger partial charge in [0.1, 0.15) is 5.82 Å². The standard InChI is InChI=1S/C14H20N2/c1-11-5-4-8-14(15-11)16-10-9-12-6-2-3-7-13(12)16/h4-5,8,12-13H,2-3,6-7,9-10H2,1H3. The van der Waals surface area contributed by atoms with E-state index in [9.17, 15) is 0 Å². The quantitative estimate of drug-likeness (QED) is 0.717. The van der Waals surface area contributed by atoms with Crippen LogP contribution < -0.4 is 4.90 Å². The minimum Gasteiger partial charge on any atom is -0.353 e. The zero-order chi connectivity index (χ0) is 11.0. The van der Waals surface area contributed by atoms with Gasteiger partial charge in [0.2, 0.25) is 0 Å². The summed E-state index contributed by atoms with van der Waals surface area (Å²) < 4.78 is 0. The van der Waals surface area contributed by atoms with Crippen molar-refractivity contribution in [2.75, 3.05) is 11.4 Å². The van der Waals surface area contributed by atoms with Crippen LogP contribution in [0.15, 0.2) is 18.2 Å². The Kier molecular flexibility index (Phi) is 2.58. The van der Waals surface area contributed by atoms with E-state index in [4.69, 9.17) is 0 Å².